The van der Waals surface area contributed by atoms with Crippen molar-refractivity contribution in [2.24, 2.45) is 0 Å². The van der Waals surface area contributed by atoms with Gasteiger partial charge in [-0.05, 0) is 12.8 Å². The average molecular weight is 272 g/mol. The second-order valence-electron chi connectivity index (χ2n) is 3.91. The van der Waals surface area contributed by atoms with Crippen LogP contribution in [-0.4, -0.2) is 47.3 Å². The molecule has 0 aliphatic carbocycles. The SMILES string of the molecule is CCC(CC)N(CCOC)C(=O)c1nnc(N)s1. The van der Waals surface area contributed by atoms with E-state index in [1.54, 1.807) is 12.0 Å². The van der Waals surface area contributed by atoms with Gasteiger partial charge in [0.15, 0.2) is 0 Å². The molecule has 7 heteroatoms. The van der Waals surface area contributed by atoms with Crippen molar-refractivity contribution in [2.45, 2.75) is 32.7 Å². The highest BCUT2D eigenvalue weighted by Crippen LogP contribution is 2.17. The first kappa shape index (κ1) is 14.8. The van der Waals surface area contributed by atoms with Gasteiger partial charge in [0, 0.05) is 19.7 Å². The lowest BCUT2D eigenvalue weighted by molar-refractivity contribution is 0.0588. The van der Waals surface area contributed by atoms with Crippen LogP contribution in [0.1, 0.15) is 36.5 Å². The molecule has 1 rings (SSSR count). The fourth-order valence-electron chi connectivity index (χ4n) is 1.81. The summed E-state index contributed by atoms with van der Waals surface area (Å²) in [6.07, 6.45) is 1.81. The van der Waals surface area contributed by atoms with Gasteiger partial charge in [0.2, 0.25) is 10.1 Å². The van der Waals surface area contributed by atoms with E-state index in [0.717, 1.165) is 24.2 Å². The monoisotopic (exact) mass is 272 g/mol. The van der Waals surface area contributed by atoms with Gasteiger partial charge in [-0.25, -0.2) is 0 Å². The number of rotatable bonds is 7. The first-order chi connectivity index (χ1) is 8.63. The number of ether oxygens (including phenoxy) is 1. The van der Waals surface area contributed by atoms with Crippen LogP contribution in [0.3, 0.4) is 0 Å². The van der Waals surface area contributed by atoms with E-state index in [-0.39, 0.29) is 11.9 Å². The van der Waals surface area contributed by atoms with E-state index >= 15 is 0 Å². The van der Waals surface area contributed by atoms with Crippen molar-refractivity contribution < 1.29 is 9.53 Å². The van der Waals surface area contributed by atoms with Crippen LogP contribution >= 0.6 is 11.3 Å². The van der Waals surface area contributed by atoms with E-state index in [9.17, 15) is 4.79 Å². The van der Waals surface area contributed by atoms with E-state index in [1.165, 1.54) is 0 Å². The van der Waals surface area contributed by atoms with E-state index in [0.29, 0.717) is 23.3 Å². The molecule has 1 aromatic rings. The molecule has 0 bridgehead atoms. The predicted molar refractivity (Wildman–Crippen MR) is 71.6 cm³/mol. The molecule has 0 aliphatic rings. The minimum absolute atomic E-state index is 0.116. The molecule has 0 saturated carbocycles. The fraction of sp³-hybridized carbons (Fsp3) is 0.727. The summed E-state index contributed by atoms with van der Waals surface area (Å²) in [6, 6.07) is 0.192. The van der Waals surface area contributed by atoms with Gasteiger partial charge < -0.3 is 15.4 Å². The highest BCUT2D eigenvalue weighted by Gasteiger charge is 2.24. The Kier molecular flexibility index (Phi) is 6.00. The Morgan fingerprint density at radius 1 is 1.44 bits per heavy atom. The molecule has 0 atom stereocenters. The summed E-state index contributed by atoms with van der Waals surface area (Å²) in [7, 11) is 1.62. The summed E-state index contributed by atoms with van der Waals surface area (Å²) in [6.45, 7) is 5.20. The number of methoxy groups -OCH3 is 1. The van der Waals surface area contributed by atoms with Gasteiger partial charge >= 0.3 is 0 Å². The number of anilines is 1. The van der Waals surface area contributed by atoms with Crippen molar-refractivity contribution >= 4 is 22.4 Å². The molecule has 1 amide bonds. The average Bonchev–Trinajstić information content (AvgIpc) is 2.80. The number of hydrogen-bond donors (Lipinski definition) is 1. The first-order valence-corrected chi connectivity index (χ1v) is 6.84. The molecule has 102 valence electrons. The number of amides is 1. The molecule has 2 N–H and O–H groups in total. The van der Waals surface area contributed by atoms with Gasteiger partial charge in [-0.15, -0.1) is 10.2 Å². The van der Waals surface area contributed by atoms with Gasteiger partial charge in [-0.1, -0.05) is 25.2 Å². The van der Waals surface area contributed by atoms with Gasteiger partial charge in [0.25, 0.3) is 5.91 Å². The van der Waals surface area contributed by atoms with Gasteiger partial charge in [0.1, 0.15) is 0 Å². The maximum absolute atomic E-state index is 12.3. The molecule has 18 heavy (non-hydrogen) atoms. The summed E-state index contributed by atoms with van der Waals surface area (Å²) in [5.74, 6) is -0.116. The number of nitrogens with two attached hydrogens (primary N) is 1. The number of aromatic nitrogens is 2. The van der Waals surface area contributed by atoms with Crippen molar-refractivity contribution in [2.75, 3.05) is 26.0 Å². The standard InChI is InChI=1S/C11H20N4O2S/c1-4-8(5-2)15(6-7-17-3)10(16)9-13-14-11(12)18-9/h8H,4-7H2,1-3H3,(H2,12,14). The maximum atomic E-state index is 12.3. The Labute approximate surface area is 111 Å². The minimum atomic E-state index is -0.116. The van der Waals surface area contributed by atoms with E-state index in [4.69, 9.17) is 10.5 Å². The Morgan fingerprint density at radius 3 is 2.56 bits per heavy atom. The normalized spacial score (nSPS) is 10.9. The third kappa shape index (κ3) is 3.64. The molecule has 1 aromatic heterocycles. The third-order valence-electron chi connectivity index (χ3n) is 2.80. The Balaban J connectivity index is 2.84. The molecule has 0 saturated heterocycles. The van der Waals surface area contributed by atoms with Crippen LogP contribution < -0.4 is 5.73 Å². The zero-order chi connectivity index (χ0) is 13.5. The molecule has 0 unspecified atom stereocenters. The highest BCUT2D eigenvalue weighted by atomic mass is 32.1. The number of nitrogens with zero attached hydrogens (tertiary/aromatic N) is 3. The third-order valence-corrected chi connectivity index (χ3v) is 3.54. The summed E-state index contributed by atoms with van der Waals surface area (Å²) in [5.41, 5.74) is 5.51. The lowest BCUT2D eigenvalue weighted by Crippen LogP contribution is -2.41. The second-order valence-corrected chi connectivity index (χ2v) is 4.92. The highest BCUT2D eigenvalue weighted by molar-refractivity contribution is 7.16. The van der Waals surface area contributed by atoms with Gasteiger partial charge in [-0.3, -0.25) is 4.79 Å². The van der Waals surface area contributed by atoms with Crippen LogP contribution in [0.15, 0.2) is 0 Å². The Bertz CT molecular complexity index is 379. The summed E-state index contributed by atoms with van der Waals surface area (Å²) >= 11 is 1.12. The number of carbonyl (C=O) groups is 1. The van der Waals surface area contributed by atoms with E-state index in [2.05, 4.69) is 24.0 Å². The van der Waals surface area contributed by atoms with Crippen LogP contribution in [0.5, 0.6) is 0 Å². The Morgan fingerprint density at radius 2 is 2.11 bits per heavy atom. The number of hydrogen-bond acceptors (Lipinski definition) is 6. The van der Waals surface area contributed by atoms with E-state index in [1.807, 2.05) is 0 Å². The number of carbonyl (C=O) groups excluding carboxylic acids is 1. The molecular weight excluding hydrogens is 252 g/mol. The lowest BCUT2D eigenvalue weighted by Gasteiger charge is -2.29. The maximum Gasteiger partial charge on any atom is 0.285 e. The molecule has 1 heterocycles. The van der Waals surface area contributed by atoms with Gasteiger partial charge in [-0.2, -0.15) is 0 Å². The zero-order valence-electron chi connectivity index (χ0n) is 11.0. The number of nitrogen functional groups attached to an aromatic ring is 1. The summed E-state index contributed by atoms with van der Waals surface area (Å²) in [5, 5.41) is 8.14. The quantitative estimate of drug-likeness (QED) is 0.811. The molecule has 0 aromatic carbocycles. The van der Waals surface area contributed by atoms with Crippen molar-refractivity contribution in [3.63, 3.8) is 0 Å². The van der Waals surface area contributed by atoms with Crippen molar-refractivity contribution in [3.05, 3.63) is 5.01 Å². The predicted octanol–water partition coefficient (Wildman–Crippen LogP) is 1.40. The van der Waals surface area contributed by atoms with Crippen LogP contribution in [-0.2, 0) is 4.74 Å². The smallest absolute Gasteiger partial charge is 0.285 e. The lowest BCUT2D eigenvalue weighted by atomic mass is 10.1. The van der Waals surface area contributed by atoms with Gasteiger partial charge in [0.05, 0.1) is 6.61 Å². The molecule has 0 radical (unpaired) electrons. The van der Waals surface area contributed by atoms with Crippen molar-refractivity contribution in [1.29, 1.82) is 0 Å². The van der Waals surface area contributed by atoms with Crippen molar-refractivity contribution in [3.8, 4) is 0 Å². The molecule has 6 nitrogen and oxygen atoms in total. The van der Waals surface area contributed by atoms with Crippen LogP contribution in [0, 0.1) is 0 Å². The summed E-state index contributed by atoms with van der Waals surface area (Å²) in [4.78, 5) is 14.1. The first-order valence-electron chi connectivity index (χ1n) is 6.02. The molecular formula is C11H20N4O2S. The Hall–Kier alpha value is -1.21. The van der Waals surface area contributed by atoms with Crippen molar-refractivity contribution in [1.82, 2.24) is 15.1 Å². The zero-order valence-corrected chi connectivity index (χ0v) is 11.9. The molecule has 0 fully saturated rings. The van der Waals surface area contributed by atoms with Crippen LogP contribution in [0.25, 0.3) is 0 Å². The molecule has 0 aliphatic heterocycles. The fourth-order valence-corrected chi connectivity index (χ4v) is 2.38. The van der Waals surface area contributed by atoms with Crippen LogP contribution in [0.4, 0.5) is 5.13 Å². The van der Waals surface area contributed by atoms with E-state index < -0.39 is 0 Å². The largest absolute Gasteiger partial charge is 0.383 e. The minimum Gasteiger partial charge on any atom is -0.383 e. The van der Waals surface area contributed by atoms with Crippen LogP contribution in [0.2, 0.25) is 0 Å². The summed E-state index contributed by atoms with van der Waals surface area (Å²) < 4.78 is 5.05. The topological polar surface area (TPSA) is 81.3 Å². The second kappa shape index (κ2) is 7.27. The molecule has 0 spiro atoms.